The highest BCUT2D eigenvalue weighted by Gasteiger charge is 2.21. The van der Waals surface area contributed by atoms with Crippen molar-refractivity contribution in [3.8, 4) is 0 Å². The van der Waals surface area contributed by atoms with Gasteiger partial charge in [0.05, 0.1) is 5.56 Å². The molecule has 0 fully saturated rings. The average Bonchev–Trinajstić information content (AvgIpc) is 2.42. The fourth-order valence-electron chi connectivity index (χ4n) is 2.07. The molecule has 20 heavy (non-hydrogen) atoms. The number of carbonyl (C=O) groups is 1. The molecule has 0 radical (unpaired) electrons. The van der Waals surface area contributed by atoms with Crippen LogP contribution in [0.3, 0.4) is 0 Å². The van der Waals surface area contributed by atoms with Gasteiger partial charge in [0.25, 0.3) is 5.91 Å². The zero-order valence-corrected chi connectivity index (χ0v) is 13.7. The van der Waals surface area contributed by atoms with Crippen LogP contribution in [0.1, 0.15) is 50.0 Å². The van der Waals surface area contributed by atoms with Crippen molar-refractivity contribution >= 4 is 11.6 Å². The van der Waals surface area contributed by atoms with Crippen molar-refractivity contribution in [1.29, 1.82) is 0 Å². The highest BCUT2D eigenvalue weighted by Crippen LogP contribution is 2.21. The molecule has 1 amide bonds. The third-order valence-electron chi connectivity index (χ3n) is 3.87. The second kappa shape index (κ2) is 7.32. The summed E-state index contributed by atoms with van der Waals surface area (Å²) in [4.78, 5) is 14.5. The SMILES string of the molecule is CCCNc1cc(C)ccc1C(=O)N(C)C(C)C(C)C. The Kier molecular flexibility index (Phi) is 6.05. The van der Waals surface area contributed by atoms with Crippen molar-refractivity contribution in [2.45, 2.75) is 47.1 Å². The van der Waals surface area contributed by atoms with Crippen molar-refractivity contribution in [3.05, 3.63) is 29.3 Å². The minimum atomic E-state index is 0.0878. The van der Waals surface area contributed by atoms with Crippen LogP contribution in [0.2, 0.25) is 0 Å². The molecule has 0 aliphatic heterocycles. The van der Waals surface area contributed by atoms with E-state index < -0.39 is 0 Å². The van der Waals surface area contributed by atoms with Crippen molar-refractivity contribution in [2.24, 2.45) is 5.92 Å². The van der Waals surface area contributed by atoms with Crippen LogP contribution < -0.4 is 5.32 Å². The first-order valence-electron chi connectivity index (χ1n) is 7.50. The van der Waals surface area contributed by atoms with Crippen molar-refractivity contribution in [3.63, 3.8) is 0 Å². The Labute approximate surface area is 123 Å². The van der Waals surface area contributed by atoms with Gasteiger partial charge in [0.1, 0.15) is 0 Å². The summed E-state index contributed by atoms with van der Waals surface area (Å²) >= 11 is 0. The summed E-state index contributed by atoms with van der Waals surface area (Å²) in [5.74, 6) is 0.534. The lowest BCUT2D eigenvalue weighted by Crippen LogP contribution is -2.38. The summed E-state index contributed by atoms with van der Waals surface area (Å²) < 4.78 is 0. The number of benzene rings is 1. The first-order valence-corrected chi connectivity index (χ1v) is 7.50. The van der Waals surface area contributed by atoms with Crippen molar-refractivity contribution < 1.29 is 4.79 Å². The summed E-state index contributed by atoms with van der Waals surface area (Å²) in [6, 6.07) is 6.21. The molecule has 1 aromatic carbocycles. The van der Waals surface area contributed by atoms with Gasteiger partial charge in [-0.1, -0.05) is 26.8 Å². The minimum Gasteiger partial charge on any atom is -0.384 e. The van der Waals surface area contributed by atoms with Crippen LogP contribution in [-0.4, -0.2) is 30.4 Å². The highest BCUT2D eigenvalue weighted by atomic mass is 16.2. The molecule has 0 saturated carbocycles. The van der Waals surface area contributed by atoms with E-state index in [1.807, 2.05) is 31.0 Å². The standard InChI is InChI=1S/C17H28N2O/c1-7-10-18-16-11-13(4)8-9-15(16)17(20)19(6)14(5)12(2)3/h8-9,11-12,14,18H,7,10H2,1-6H3. The number of hydrogen-bond acceptors (Lipinski definition) is 2. The van der Waals surface area contributed by atoms with Gasteiger partial charge in [-0.25, -0.2) is 0 Å². The van der Waals surface area contributed by atoms with E-state index in [1.165, 1.54) is 5.56 Å². The number of hydrogen-bond donors (Lipinski definition) is 1. The van der Waals surface area contributed by atoms with Gasteiger partial charge in [-0.05, 0) is 43.9 Å². The minimum absolute atomic E-state index is 0.0878. The summed E-state index contributed by atoms with van der Waals surface area (Å²) in [6.45, 7) is 11.4. The third-order valence-corrected chi connectivity index (χ3v) is 3.87. The van der Waals surface area contributed by atoms with Gasteiger partial charge in [-0.2, -0.15) is 0 Å². The molecule has 0 aliphatic rings. The van der Waals surface area contributed by atoms with Crippen LogP contribution in [0.5, 0.6) is 0 Å². The number of amides is 1. The summed E-state index contributed by atoms with van der Waals surface area (Å²) in [7, 11) is 1.89. The molecule has 1 unspecified atom stereocenters. The fourth-order valence-corrected chi connectivity index (χ4v) is 2.07. The monoisotopic (exact) mass is 276 g/mol. The molecular weight excluding hydrogens is 248 g/mol. The van der Waals surface area contributed by atoms with E-state index in [4.69, 9.17) is 0 Å². The first kappa shape index (κ1) is 16.5. The second-order valence-corrected chi connectivity index (χ2v) is 5.88. The number of rotatable bonds is 6. The topological polar surface area (TPSA) is 32.3 Å². The number of anilines is 1. The molecule has 0 bridgehead atoms. The summed E-state index contributed by atoms with van der Waals surface area (Å²) in [6.07, 6.45) is 1.04. The maximum atomic E-state index is 12.7. The Hall–Kier alpha value is -1.51. The maximum absolute atomic E-state index is 12.7. The van der Waals surface area contributed by atoms with E-state index in [0.29, 0.717) is 5.92 Å². The van der Waals surface area contributed by atoms with E-state index in [-0.39, 0.29) is 11.9 Å². The normalized spacial score (nSPS) is 12.3. The maximum Gasteiger partial charge on any atom is 0.255 e. The first-order chi connectivity index (χ1) is 9.38. The van der Waals surface area contributed by atoms with Gasteiger partial charge in [0.2, 0.25) is 0 Å². The molecule has 0 spiro atoms. The van der Waals surface area contributed by atoms with E-state index in [0.717, 1.165) is 24.2 Å². The van der Waals surface area contributed by atoms with Gasteiger partial charge < -0.3 is 10.2 Å². The van der Waals surface area contributed by atoms with Crippen molar-refractivity contribution in [1.82, 2.24) is 4.90 Å². The average molecular weight is 276 g/mol. The van der Waals surface area contributed by atoms with Crippen LogP contribution in [0.15, 0.2) is 18.2 Å². The molecule has 1 aromatic rings. The molecule has 1 atom stereocenters. The fraction of sp³-hybridized carbons (Fsp3) is 0.588. The van der Waals surface area contributed by atoms with Crippen molar-refractivity contribution in [2.75, 3.05) is 18.9 Å². The summed E-state index contributed by atoms with van der Waals surface area (Å²) in [5.41, 5.74) is 2.87. The lowest BCUT2D eigenvalue weighted by atomic mass is 10.0. The van der Waals surface area contributed by atoms with Crippen LogP contribution in [-0.2, 0) is 0 Å². The lowest BCUT2D eigenvalue weighted by Gasteiger charge is -2.29. The molecule has 0 heterocycles. The Morgan fingerprint density at radius 1 is 1.30 bits per heavy atom. The van der Waals surface area contributed by atoms with E-state index in [2.05, 4.69) is 39.1 Å². The molecule has 0 aliphatic carbocycles. The smallest absolute Gasteiger partial charge is 0.255 e. The van der Waals surface area contributed by atoms with Crippen LogP contribution in [0.25, 0.3) is 0 Å². The Bertz CT molecular complexity index is 454. The zero-order valence-electron chi connectivity index (χ0n) is 13.7. The Morgan fingerprint density at radius 2 is 1.95 bits per heavy atom. The second-order valence-electron chi connectivity index (χ2n) is 5.88. The third kappa shape index (κ3) is 3.99. The van der Waals surface area contributed by atoms with E-state index in [1.54, 1.807) is 0 Å². The van der Waals surface area contributed by atoms with Gasteiger partial charge in [-0.15, -0.1) is 0 Å². The zero-order chi connectivity index (χ0) is 15.3. The lowest BCUT2D eigenvalue weighted by molar-refractivity contribution is 0.0708. The largest absolute Gasteiger partial charge is 0.384 e. The predicted molar refractivity (Wildman–Crippen MR) is 86.4 cm³/mol. The molecule has 0 aromatic heterocycles. The Morgan fingerprint density at radius 3 is 2.50 bits per heavy atom. The number of carbonyl (C=O) groups excluding carboxylic acids is 1. The molecular formula is C17H28N2O. The molecule has 3 nitrogen and oxygen atoms in total. The molecule has 1 rings (SSSR count). The van der Waals surface area contributed by atoms with E-state index >= 15 is 0 Å². The number of nitrogens with zero attached hydrogens (tertiary/aromatic N) is 1. The van der Waals surface area contributed by atoms with Crippen LogP contribution in [0, 0.1) is 12.8 Å². The molecule has 112 valence electrons. The number of nitrogens with one attached hydrogen (secondary N) is 1. The van der Waals surface area contributed by atoms with Gasteiger partial charge in [0, 0.05) is 25.3 Å². The summed E-state index contributed by atoms with van der Waals surface area (Å²) in [5, 5.41) is 3.36. The molecule has 0 saturated heterocycles. The van der Waals surface area contributed by atoms with E-state index in [9.17, 15) is 4.79 Å². The van der Waals surface area contributed by atoms with Gasteiger partial charge >= 0.3 is 0 Å². The van der Waals surface area contributed by atoms with Crippen LogP contribution >= 0.6 is 0 Å². The van der Waals surface area contributed by atoms with Gasteiger partial charge in [0.15, 0.2) is 0 Å². The quantitative estimate of drug-likeness (QED) is 0.853. The molecule has 3 heteroatoms. The highest BCUT2D eigenvalue weighted by molar-refractivity contribution is 5.99. The Balaban J connectivity index is 3.02. The van der Waals surface area contributed by atoms with Crippen LogP contribution in [0.4, 0.5) is 5.69 Å². The number of aryl methyl sites for hydroxylation is 1. The van der Waals surface area contributed by atoms with Gasteiger partial charge in [-0.3, -0.25) is 4.79 Å². The molecule has 1 N–H and O–H groups in total. The predicted octanol–water partition coefficient (Wildman–Crippen LogP) is 3.93.